The minimum Gasteiger partial charge on any atom is -0.481 e. The molecule has 0 bridgehead atoms. The van der Waals surface area contributed by atoms with Crippen LogP contribution in [0, 0.1) is 11.8 Å². The van der Waals surface area contributed by atoms with E-state index in [1.807, 2.05) is 13.8 Å². The molecule has 312 valence electrons. The highest BCUT2D eigenvalue weighted by Gasteiger charge is 2.34. The molecule has 0 rings (SSSR count). The van der Waals surface area contributed by atoms with Crippen LogP contribution >= 0.6 is 0 Å². The lowest BCUT2D eigenvalue weighted by Gasteiger charge is -2.28. The van der Waals surface area contributed by atoms with Gasteiger partial charge in [-0.1, -0.05) is 27.7 Å². The number of unbranched alkanes of at least 4 members (excludes halogenated alkanes) is 1. The number of aliphatic carboxylic acids is 2. The molecule has 0 aromatic carbocycles. The first kappa shape index (κ1) is 49.6. The van der Waals surface area contributed by atoms with Crippen molar-refractivity contribution >= 4 is 59.2 Å². The van der Waals surface area contributed by atoms with E-state index in [1.165, 1.54) is 6.92 Å². The standard InChI is InChI=1S/C33H58N10O12/c1-15(2)12-18(35)28(49)41-21(13-23(36)44)31(52)40-20(9-10-25(46)47)30(51)43-26(16(3)4)32(53)38-17(5)27(48)39-19(8-6-7-11-34)29(50)42-22(33(54)55)14-24(37)45/h15-22,26H,6-14,34-35H2,1-5H3,(H2,36,44)(H2,37,45)(H,38,53)(H,39,48)(H,40,52)(H,41,49)(H,42,50)(H,43,51)(H,46,47)(H,54,55)/t17-,18-,19-,20-,21-,22-,26-/m0/s1. The number of hydrogen-bond donors (Lipinski definition) is 12. The fourth-order valence-corrected chi connectivity index (χ4v) is 5.00. The van der Waals surface area contributed by atoms with Gasteiger partial charge >= 0.3 is 11.9 Å². The zero-order valence-corrected chi connectivity index (χ0v) is 31.8. The molecule has 0 aliphatic carbocycles. The number of carboxylic acids is 2. The van der Waals surface area contributed by atoms with E-state index in [0.717, 1.165) is 0 Å². The van der Waals surface area contributed by atoms with Crippen molar-refractivity contribution in [2.45, 2.75) is 128 Å². The summed E-state index contributed by atoms with van der Waals surface area (Å²) in [4.78, 5) is 125. The summed E-state index contributed by atoms with van der Waals surface area (Å²) in [6.07, 6.45) is -1.43. The highest BCUT2D eigenvalue weighted by Crippen LogP contribution is 2.09. The summed E-state index contributed by atoms with van der Waals surface area (Å²) >= 11 is 0. The topological polar surface area (TPSA) is 387 Å². The SMILES string of the molecule is CC(C)C[C@H](N)C(=O)N[C@@H](CC(N)=O)C(=O)N[C@@H](CCC(=O)O)C(=O)N[C@H](C(=O)N[C@@H](C)C(=O)N[C@@H](CCCCN)C(=O)N[C@@H](CC(N)=O)C(=O)O)C(C)C. The molecule has 0 aromatic heterocycles. The monoisotopic (exact) mass is 786 g/mol. The second-order valence-corrected chi connectivity index (χ2v) is 13.8. The van der Waals surface area contributed by atoms with Crippen LogP contribution in [0.5, 0.6) is 0 Å². The van der Waals surface area contributed by atoms with Crippen molar-refractivity contribution in [3.05, 3.63) is 0 Å². The van der Waals surface area contributed by atoms with E-state index in [2.05, 4.69) is 31.9 Å². The Morgan fingerprint density at radius 3 is 1.53 bits per heavy atom. The van der Waals surface area contributed by atoms with Crippen molar-refractivity contribution in [1.82, 2.24) is 31.9 Å². The Labute approximate surface area is 318 Å². The van der Waals surface area contributed by atoms with E-state index in [0.29, 0.717) is 12.8 Å². The van der Waals surface area contributed by atoms with Gasteiger partial charge in [0.05, 0.1) is 18.9 Å². The van der Waals surface area contributed by atoms with Gasteiger partial charge in [-0.2, -0.15) is 0 Å². The molecule has 0 saturated heterocycles. The molecule has 22 nitrogen and oxygen atoms in total. The third-order valence-electron chi connectivity index (χ3n) is 7.98. The Balaban J connectivity index is 6.02. The molecular weight excluding hydrogens is 728 g/mol. The van der Waals surface area contributed by atoms with Crippen molar-refractivity contribution in [3.8, 4) is 0 Å². The lowest BCUT2D eigenvalue weighted by Crippen LogP contribution is -2.60. The van der Waals surface area contributed by atoms with Crippen LogP contribution in [0.15, 0.2) is 0 Å². The molecule has 7 atom stereocenters. The van der Waals surface area contributed by atoms with Crippen molar-refractivity contribution in [2.24, 2.45) is 34.8 Å². The molecule has 0 aliphatic heterocycles. The summed E-state index contributed by atoms with van der Waals surface area (Å²) in [7, 11) is 0. The predicted molar refractivity (Wildman–Crippen MR) is 195 cm³/mol. The molecule has 0 unspecified atom stereocenters. The molecule has 22 heteroatoms. The lowest BCUT2D eigenvalue weighted by molar-refractivity contribution is -0.143. The number of carboxylic acid groups (broad SMARTS) is 2. The Bertz CT molecular complexity index is 1390. The van der Waals surface area contributed by atoms with Crippen molar-refractivity contribution in [1.29, 1.82) is 0 Å². The minimum absolute atomic E-state index is 0.0146. The molecule has 8 amide bonds. The summed E-state index contributed by atoms with van der Waals surface area (Å²) < 4.78 is 0. The Morgan fingerprint density at radius 1 is 0.564 bits per heavy atom. The van der Waals surface area contributed by atoms with E-state index in [9.17, 15) is 58.2 Å². The van der Waals surface area contributed by atoms with Gasteiger partial charge in [-0.05, 0) is 57.4 Å². The van der Waals surface area contributed by atoms with Gasteiger partial charge in [0.1, 0.15) is 36.3 Å². The van der Waals surface area contributed by atoms with Crippen LogP contribution in [0.2, 0.25) is 0 Å². The van der Waals surface area contributed by atoms with Gasteiger partial charge in [-0.3, -0.25) is 43.2 Å². The van der Waals surface area contributed by atoms with Crippen LogP contribution < -0.4 is 54.8 Å². The van der Waals surface area contributed by atoms with Crippen LogP contribution in [0.25, 0.3) is 0 Å². The molecular formula is C33H58N10O12. The molecule has 0 aromatic rings. The van der Waals surface area contributed by atoms with Crippen molar-refractivity contribution in [3.63, 3.8) is 0 Å². The van der Waals surface area contributed by atoms with Crippen LogP contribution in [0.3, 0.4) is 0 Å². The molecule has 0 radical (unpaired) electrons. The smallest absolute Gasteiger partial charge is 0.326 e. The number of carbonyl (C=O) groups is 10. The summed E-state index contributed by atoms with van der Waals surface area (Å²) in [6, 6.07) is -9.88. The minimum atomic E-state index is -1.67. The Morgan fingerprint density at radius 2 is 1.04 bits per heavy atom. The number of carbonyl (C=O) groups excluding carboxylic acids is 8. The van der Waals surface area contributed by atoms with Gasteiger partial charge in [0.2, 0.25) is 47.3 Å². The fraction of sp³-hybridized carbons (Fsp3) is 0.697. The van der Waals surface area contributed by atoms with Gasteiger partial charge in [-0.25, -0.2) is 4.79 Å². The third-order valence-corrected chi connectivity index (χ3v) is 7.98. The van der Waals surface area contributed by atoms with E-state index in [4.69, 9.17) is 22.9 Å². The Kier molecular flexibility index (Phi) is 22.4. The maximum atomic E-state index is 13.5. The van der Waals surface area contributed by atoms with Crippen LogP contribution in [0.4, 0.5) is 0 Å². The molecule has 55 heavy (non-hydrogen) atoms. The van der Waals surface area contributed by atoms with Gasteiger partial charge in [0, 0.05) is 6.42 Å². The van der Waals surface area contributed by atoms with Gasteiger partial charge in [-0.15, -0.1) is 0 Å². The summed E-state index contributed by atoms with van der Waals surface area (Å²) in [5, 5.41) is 32.7. The second kappa shape index (κ2) is 24.8. The highest BCUT2D eigenvalue weighted by molar-refractivity contribution is 5.98. The second-order valence-electron chi connectivity index (χ2n) is 13.8. The fourth-order valence-electron chi connectivity index (χ4n) is 5.00. The molecule has 16 N–H and O–H groups in total. The zero-order chi connectivity index (χ0) is 42.6. The quantitative estimate of drug-likeness (QED) is 0.0351. The number of hydrogen-bond acceptors (Lipinski definition) is 12. The molecule has 0 heterocycles. The van der Waals surface area contributed by atoms with E-state index >= 15 is 0 Å². The number of nitrogens with two attached hydrogens (primary N) is 4. The van der Waals surface area contributed by atoms with Gasteiger partial charge in [0.25, 0.3) is 0 Å². The normalized spacial score (nSPS) is 14.9. The zero-order valence-electron chi connectivity index (χ0n) is 31.8. The van der Waals surface area contributed by atoms with Gasteiger partial charge < -0.3 is 65.0 Å². The van der Waals surface area contributed by atoms with E-state index < -0.39 is 133 Å². The predicted octanol–water partition coefficient (Wildman–Crippen LogP) is -4.23. The number of rotatable bonds is 27. The maximum Gasteiger partial charge on any atom is 0.326 e. The average molecular weight is 787 g/mol. The third kappa shape index (κ3) is 20.0. The van der Waals surface area contributed by atoms with Crippen molar-refractivity contribution in [2.75, 3.05) is 6.54 Å². The Hall–Kier alpha value is -5.38. The van der Waals surface area contributed by atoms with E-state index in [-0.39, 0.29) is 25.3 Å². The van der Waals surface area contributed by atoms with E-state index in [1.54, 1.807) is 13.8 Å². The van der Waals surface area contributed by atoms with Gasteiger partial charge in [0.15, 0.2) is 0 Å². The first-order chi connectivity index (χ1) is 25.5. The summed E-state index contributed by atoms with van der Waals surface area (Å²) in [5.74, 6) is -11.0. The molecule has 0 spiro atoms. The number of primary amides is 2. The van der Waals surface area contributed by atoms with Crippen molar-refractivity contribution < 1.29 is 58.2 Å². The van der Waals surface area contributed by atoms with Crippen LogP contribution in [-0.4, -0.2) is 118 Å². The van der Waals surface area contributed by atoms with Crippen LogP contribution in [-0.2, 0) is 47.9 Å². The number of nitrogens with one attached hydrogen (secondary N) is 6. The first-order valence-electron chi connectivity index (χ1n) is 17.8. The highest BCUT2D eigenvalue weighted by atomic mass is 16.4. The number of amides is 8. The molecule has 0 aliphatic rings. The average Bonchev–Trinajstić information content (AvgIpc) is 3.06. The first-order valence-corrected chi connectivity index (χ1v) is 17.8. The summed E-state index contributed by atoms with van der Waals surface area (Å²) in [6.45, 7) is 8.24. The molecule has 0 saturated carbocycles. The largest absolute Gasteiger partial charge is 0.481 e. The lowest BCUT2D eigenvalue weighted by atomic mass is 10.0. The maximum absolute atomic E-state index is 13.5. The summed E-state index contributed by atoms with van der Waals surface area (Å²) in [5.41, 5.74) is 21.8. The van der Waals surface area contributed by atoms with Crippen LogP contribution in [0.1, 0.15) is 86.0 Å². The molecule has 0 fully saturated rings.